The van der Waals surface area contributed by atoms with E-state index in [2.05, 4.69) is 15.5 Å². The van der Waals surface area contributed by atoms with Gasteiger partial charge in [0.1, 0.15) is 0 Å². The van der Waals surface area contributed by atoms with Gasteiger partial charge in [0, 0.05) is 25.6 Å². The highest BCUT2D eigenvalue weighted by Gasteiger charge is 2.03. The largest absolute Gasteiger partial charge is 0.399 e. The molecule has 0 saturated carbocycles. The molecule has 0 aliphatic carbocycles. The van der Waals surface area contributed by atoms with Crippen LogP contribution in [0.5, 0.6) is 0 Å². The molecule has 0 saturated heterocycles. The standard InChI is InChI=1S/C11H13ClN4O/c1-7-15-11(16-17-7)4-5-14-10-3-2-8(13)6-9(10)12/h2-3,6,14H,4-5,13H2,1H3. The molecule has 2 rings (SSSR count). The van der Waals surface area contributed by atoms with Crippen LogP contribution in [0, 0.1) is 6.92 Å². The van der Waals surface area contributed by atoms with Gasteiger partial charge in [0.25, 0.3) is 0 Å². The quantitative estimate of drug-likeness (QED) is 0.817. The van der Waals surface area contributed by atoms with E-state index >= 15 is 0 Å². The second-order valence-corrected chi connectivity index (χ2v) is 4.05. The number of hydrogen-bond donors (Lipinski definition) is 2. The van der Waals surface area contributed by atoms with Gasteiger partial charge in [-0.1, -0.05) is 16.8 Å². The van der Waals surface area contributed by atoms with Crippen molar-refractivity contribution < 1.29 is 4.52 Å². The average Bonchev–Trinajstić information content (AvgIpc) is 2.68. The maximum Gasteiger partial charge on any atom is 0.223 e. The van der Waals surface area contributed by atoms with Crippen LogP contribution in [0.3, 0.4) is 0 Å². The van der Waals surface area contributed by atoms with Crippen molar-refractivity contribution in [1.82, 2.24) is 10.1 Å². The Labute approximate surface area is 104 Å². The lowest BCUT2D eigenvalue weighted by Gasteiger charge is -2.07. The predicted octanol–water partition coefficient (Wildman–Crippen LogP) is 2.27. The number of nitrogen functional groups attached to an aromatic ring is 1. The first-order valence-corrected chi connectivity index (χ1v) is 5.61. The maximum atomic E-state index is 6.02. The number of aromatic nitrogens is 2. The third kappa shape index (κ3) is 3.10. The van der Waals surface area contributed by atoms with Gasteiger partial charge in [-0.25, -0.2) is 0 Å². The lowest BCUT2D eigenvalue weighted by Crippen LogP contribution is -2.06. The van der Waals surface area contributed by atoms with Crippen molar-refractivity contribution in [3.63, 3.8) is 0 Å². The van der Waals surface area contributed by atoms with Crippen LogP contribution in [0.2, 0.25) is 5.02 Å². The number of aryl methyl sites for hydroxylation is 1. The molecule has 6 heteroatoms. The highest BCUT2D eigenvalue weighted by molar-refractivity contribution is 6.33. The molecule has 0 aliphatic rings. The number of halogens is 1. The highest BCUT2D eigenvalue weighted by atomic mass is 35.5. The summed E-state index contributed by atoms with van der Waals surface area (Å²) in [5, 5.41) is 7.60. The van der Waals surface area contributed by atoms with Crippen molar-refractivity contribution in [2.24, 2.45) is 0 Å². The van der Waals surface area contributed by atoms with Crippen molar-refractivity contribution in [3.05, 3.63) is 34.9 Å². The fraction of sp³-hybridized carbons (Fsp3) is 0.273. The normalized spacial score (nSPS) is 10.5. The topological polar surface area (TPSA) is 77.0 Å². The van der Waals surface area contributed by atoms with Gasteiger partial charge in [0.2, 0.25) is 5.89 Å². The monoisotopic (exact) mass is 252 g/mol. The first-order valence-electron chi connectivity index (χ1n) is 5.23. The van der Waals surface area contributed by atoms with Gasteiger partial charge >= 0.3 is 0 Å². The maximum absolute atomic E-state index is 6.02. The van der Waals surface area contributed by atoms with Crippen molar-refractivity contribution in [3.8, 4) is 0 Å². The van der Waals surface area contributed by atoms with Crippen LogP contribution in [0.25, 0.3) is 0 Å². The average molecular weight is 253 g/mol. The van der Waals surface area contributed by atoms with E-state index in [0.717, 1.165) is 5.69 Å². The van der Waals surface area contributed by atoms with E-state index in [-0.39, 0.29) is 0 Å². The second-order valence-electron chi connectivity index (χ2n) is 3.65. The molecule has 0 amide bonds. The lowest BCUT2D eigenvalue weighted by atomic mass is 10.2. The summed E-state index contributed by atoms with van der Waals surface area (Å²) in [7, 11) is 0. The smallest absolute Gasteiger partial charge is 0.223 e. The Kier molecular flexibility index (Phi) is 3.49. The zero-order valence-corrected chi connectivity index (χ0v) is 10.2. The number of benzene rings is 1. The molecule has 2 aromatic rings. The van der Waals surface area contributed by atoms with Crippen LogP contribution in [0.1, 0.15) is 11.7 Å². The first kappa shape index (κ1) is 11.7. The van der Waals surface area contributed by atoms with Crippen LogP contribution >= 0.6 is 11.6 Å². The van der Waals surface area contributed by atoms with Gasteiger partial charge < -0.3 is 15.6 Å². The Morgan fingerprint density at radius 1 is 1.47 bits per heavy atom. The molecule has 0 fully saturated rings. The Bertz CT molecular complexity index is 512. The molecule has 0 aliphatic heterocycles. The summed E-state index contributed by atoms with van der Waals surface area (Å²) in [5.41, 5.74) is 7.10. The van der Waals surface area contributed by atoms with Crippen molar-refractivity contribution in [1.29, 1.82) is 0 Å². The Hall–Kier alpha value is -1.75. The van der Waals surface area contributed by atoms with E-state index in [1.165, 1.54) is 0 Å². The molecule has 1 aromatic heterocycles. The SMILES string of the molecule is Cc1nc(CCNc2ccc(N)cc2Cl)no1. The predicted molar refractivity (Wildman–Crippen MR) is 67.1 cm³/mol. The number of rotatable bonds is 4. The molecule has 0 bridgehead atoms. The summed E-state index contributed by atoms with van der Waals surface area (Å²) < 4.78 is 4.88. The van der Waals surface area contributed by atoms with E-state index in [1.807, 2.05) is 6.07 Å². The zero-order chi connectivity index (χ0) is 12.3. The molecule has 0 atom stereocenters. The van der Waals surface area contributed by atoms with Gasteiger partial charge in [-0.15, -0.1) is 0 Å². The van der Waals surface area contributed by atoms with Crippen LogP contribution in [-0.2, 0) is 6.42 Å². The minimum absolute atomic E-state index is 0.575. The number of nitrogens with two attached hydrogens (primary N) is 1. The molecular weight excluding hydrogens is 240 g/mol. The number of nitrogens with one attached hydrogen (secondary N) is 1. The van der Waals surface area contributed by atoms with Crippen LogP contribution in [0.15, 0.2) is 22.7 Å². The van der Waals surface area contributed by atoms with Crippen LogP contribution < -0.4 is 11.1 Å². The molecular formula is C11H13ClN4O. The fourth-order valence-corrected chi connectivity index (χ4v) is 1.68. The molecule has 3 N–H and O–H groups in total. The van der Waals surface area contributed by atoms with Crippen LogP contribution in [0.4, 0.5) is 11.4 Å². The fourth-order valence-electron chi connectivity index (χ4n) is 1.43. The van der Waals surface area contributed by atoms with Gasteiger partial charge in [-0.3, -0.25) is 0 Å². The molecule has 1 heterocycles. The third-order valence-electron chi connectivity index (χ3n) is 2.23. The van der Waals surface area contributed by atoms with E-state index in [0.29, 0.717) is 35.4 Å². The first-order chi connectivity index (χ1) is 8.15. The van der Waals surface area contributed by atoms with Crippen molar-refractivity contribution in [2.45, 2.75) is 13.3 Å². The summed E-state index contributed by atoms with van der Waals surface area (Å²) in [6, 6.07) is 5.36. The Morgan fingerprint density at radius 3 is 2.94 bits per heavy atom. The van der Waals surface area contributed by atoms with E-state index in [9.17, 15) is 0 Å². The zero-order valence-electron chi connectivity index (χ0n) is 9.40. The minimum Gasteiger partial charge on any atom is -0.399 e. The summed E-state index contributed by atoms with van der Waals surface area (Å²) in [5.74, 6) is 1.26. The van der Waals surface area contributed by atoms with Crippen LogP contribution in [-0.4, -0.2) is 16.7 Å². The van der Waals surface area contributed by atoms with E-state index < -0.39 is 0 Å². The highest BCUT2D eigenvalue weighted by Crippen LogP contribution is 2.23. The number of nitrogens with zero attached hydrogens (tertiary/aromatic N) is 2. The number of anilines is 2. The minimum atomic E-state index is 0.575. The summed E-state index contributed by atoms with van der Waals surface area (Å²) in [6.45, 7) is 2.45. The Morgan fingerprint density at radius 2 is 2.29 bits per heavy atom. The summed E-state index contributed by atoms with van der Waals surface area (Å²) >= 11 is 6.02. The molecule has 17 heavy (non-hydrogen) atoms. The lowest BCUT2D eigenvalue weighted by molar-refractivity contribution is 0.387. The van der Waals surface area contributed by atoms with Gasteiger partial charge in [0.05, 0.1) is 10.7 Å². The summed E-state index contributed by atoms with van der Waals surface area (Å²) in [4.78, 5) is 4.11. The van der Waals surface area contributed by atoms with Crippen molar-refractivity contribution >= 4 is 23.0 Å². The van der Waals surface area contributed by atoms with Gasteiger partial charge in [-0.05, 0) is 18.2 Å². The van der Waals surface area contributed by atoms with E-state index in [1.54, 1.807) is 19.1 Å². The van der Waals surface area contributed by atoms with Gasteiger partial charge in [0.15, 0.2) is 5.82 Å². The molecule has 0 unspecified atom stereocenters. The molecule has 5 nitrogen and oxygen atoms in total. The van der Waals surface area contributed by atoms with Gasteiger partial charge in [-0.2, -0.15) is 4.98 Å². The third-order valence-corrected chi connectivity index (χ3v) is 2.54. The molecule has 0 radical (unpaired) electrons. The second kappa shape index (κ2) is 5.05. The molecule has 90 valence electrons. The Balaban J connectivity index is 1.90. The van der Waals surface area contributed by atoms with E-state index in [4.69, 9.17) is 21.9 Å². The molecule has 1 aromatic carbocycles. The van der Waals surface area contributed by atoms with Crippen molar-refractivity contribution in [2.75, 3.05) is 17.6 Å². The molecule has 0 spiro atoms. The summed E-state index contributed by atoms with van der Waals surface area (Å²) in [6.07, 6.45) is 0.679. The number of hydrogen-bond acceptors (Lipinski definition) is 5.